The van der Waals surface area contributed by atoms with Gasteiger partial charge in [-0.05, 0) is 76.5 Å². The predicted molar refractivity (Wildman–Crippen MR) is 105 cm³/mol. The molecule has 0 spiro atoms. The summed E-state index contributed by atoms with van der Waals surface area (Å²) in [5, 5.41) is 0. The lowest BCUT2D eigenvalue weighted by Gasteiger charge is -2.56. The second-order valence-electron chi connectivity index (χ2n) is 10.8. The Morgan fingerprint density at radius 3 is 2.10 bits per heavy atom. The molecule has 4 aliphatic carbocycles. The molecule has 164 valence electrons. The fourth-order valence-corrected chi connectivity index (χ4v) is 6.57. The fraction of sp³-hybridized carbons (Fsp3) is 0.957. The van der Waals surface area contributed by atoms with Crippen LogP contribution in [0.15, 0.2) is 0 Å². The lowest BCUT2D eigenvalue weighted by Crippen LogP contribution is -2.52. The topological polar surface area (TPSA) is 63.2 Å². The number of rotatable bonds is 7. The minimum atomic E-state index is -0.488. The van der Waals surface area contributed by atoms with Gasteiger partial charge in [-0.25, -0.2) is 0 Å². The van der Waals surface area contributed by atoms with E-state index in [1.807, 2.05) is 20.8 Å². The number of hydrogen-bond donors (Lipinski definition) is 0. The third-order valence-corrected chi connectivity index (χ3v) is 8.29. The van der Waals surface area contributed by atoms with Crippen LogP contribution in [-0.4, -0.2) is 56.0 Å². The molecule has 0 radical (unpaired) electrons. The molecule has 0 aromatic heterocycles. The molecule has 6 fully saturated rings. The van der Waals surface area contributed by atoms with E-state index in [4.69, 9.17) is 23.7 Å². The molecule has 29 heavy (non-hydrogen) atoms. The Morgan fingerprint density at radius 1 is 0.966 bits per heavy atom. The highest BCUT2D eigenvalue weighted by atomic mass is 16.7. The Hall–Kier alpha value is -0.690. The van der Waals surface area contributed by atoms with Crippen LogP contribution >= 0.6 is 0 Å². The Balaban J connectivity index is 1.11. The predicted octanol–water partition coefficient (Wildman–Crippen LogP) is 3.46. The number of ether oxygens (including phenoxy) is 5. The number of carbonyl (C=O) groups is 1. The molecular weight excluding hydrogens is 372 g/mol. The SMILES string of the molecule is CCC(C)(C)C(=O)OC1COC2C(OCOC34CC5CC(CC(C5)C3)C4)COC12. The zero-order valence-electron chi connectivity index (χ0n) is 18.1. The van der Waals surface area contributed by atoms with Crippen molar-refractivity contribution in [2.24, 2.45) is 23.2 Å². The van der Waals surface area contributed by atoms with Crippen LogP contribution < -0.4 is 0 Å². The second-order valence-corrected chi connectivity index (χ2v) is 10.8. The van der Waals surface area contributed by atoms with Crippen LogP contribution in [0.25, 0.3) is 0 Å². The molecule has 6 aliphatic rings. The van der Waals surface area contributed by atoms with Gasteiger partial charge in [-0.1, -0.05) is 6.92 Å². The van der Waals surface area contributed by atoms with Gasteiger partial charge in [-0.15, -0.1) is 0 Å². The van der Waals surface area contributed by atoms with Crippen LogP contribution in [-0.2, 0) is 28.5 Å². The fourth-order valence-electron chi connectivity index (χ4n) is 6.57. The molecule has 0 aromatic rings. The average Bonchev–Trinajstić information content (AvgIpc) is 3.24. The highest BCUT2D eigenvalue weighted by molar-refractivity contribution is 5.76. The van der Waals surface area contributed by atoms with Crippen molar-refractivity contribution in [1.82, 2.24) is 0 Å². The summed E-state index contributed by atoms with van der Waals surface area (Å²) in [5.74, 6) is 2.40. The van der Waals surface area contributed by atoms with Gasteiger partial charge in [-0.2, -0.15) is 0 Å². The van der Waals surface area contributed by atoms with Gasteiger partial charge in [-0.3, -0.25) is 4.79 Å². The molecule has 2 saturated heterocycles. The van der Waals surface area contributed by atoms with Crippen molar-refractivity contribution in [3.8, 4) is 0 Å². The summed E-state index contributed by atoms with van der Waals surface area (Å²) in [6, 6.07) is 0. The van der Waals surface area contributed by atoms with Crippen molar-refractivity contribution in [2.45, 2.75) is 95.7 Å². The molecule has 0 N–H and O–H groups in total. The second kappa shape index (κ2) is 7.47. The maximum Gasteiger partial charge on any atom is 0.311 e. The zero-order chi connectivity index (χ0) is 20.2. The molecule has 6 rings (SSSR count). The van der Waals surface area contributed by atoms with Crippen LogP contribution in [0.4, 0.5) is 0 Å². The highest BCUT2D eigenvalue weighted by Gasteiger charge is 2.53. The molecule has 4 saturated carbocycles. The first kappa shape index (κ1) is 20.2. The first-order valence-electron chi connectivity index (χ1n) is 11.6. The van der Waals surface area contributed by atoms with Crippen molar-refractivity contribution >= 4 is 5.97 Å². The third-order valence-electron chi connectivity index (χ3n) is 8.29. The molecular formula is C23H36O6. The summed E-state index contributed by atoms with van der Waals surface area (Å²) >= 11 is 0. The first-order valence-corrected chi connectivity index (χ1v) is 11.6. The number of hydrogen-bond acceptors (Lipinski definition) is 6. The molecule has 4 bridgehead atoms. The van der Waals surface area contributed by atoms with Crippen LogP contribution in [0, 0.1) is 23.2 Å². The lowest BCUT2D eigenvalue weighted by atomic mass is 9.54. The maximum atomic E-state index is 12.4. The minimum absolute atomic E-state index is 0.0496. The Bertz CT molecular complexity index is 596. The van der Waals surface area contributed by atoms with Gasteiger partial charge in [0.1, 0.15) is 25.1 Å². The summed E-state index contributed by atoms with van der Waals surface area (Å²) < 4.78 is 30.0. The van der Waals surface area contributed by atoms with E-state index in [0.717, 1.165) is 24.2 Å². The van der Waals surface area contributed by atoms with Gasteiger partial charge in [0.25, 0.3) is 0 Å². The van der Waals surface area contributed by atoms with Gasteiger partial charge in [0.2, 0.25) is 0 Å². The number of carbonyl (C=O) groups excluding carboxylic acids is 1. The molecule has 4 atom stereocenters. The highest BCUT2D eigenvalue weighted by Crippen LogP contribution is 2.57. The van der Waals surface area contributed by atoms with Crippen LogP contribution in [0.5, 0.6) is 0 Å². The molecule has 2 aliphatic heterocycles. The average molecular weight is 409 g/mol. The van der Waals surface area contributed by atoms with Gasteiger partial charge in [0.05, 0.1) is 24.2 Å². The molecule has 0 amide bonds. The summed E-state index contributed by atoms with van der Waals surface area (Å²) in [6.45, 7) is 6.95. The van der Waals surface area contributed by atoms with E-state index < -0.39 is 5.41 Å². The molecule has 6 heteroatoms. The lowest BCUT2D eigenvalue weighted by molar-refractivity contribution is -0.224. The van der Waals surface area contributed by atoms with E-state index in [9.17, 15) is 4.79 Å². The normalized spacial score (nSPS) is 45.6. The van der Waals surface area contributed by atoms with Gasteiger partial charge >= 0.3 is 5.97 Å². The smallest absolute Gasteiger partial charge is 0.311 e. The van der Waals surface area contributed by atoms with E-state index >= 15 is 0 Å². The molecule has 6 nitrogen and oxygen atoms in total. The Kier molecular flexibility index (Phi) is 5.21. The molecule has 2 heterocycles. The summed E-state index contributed by atoms with van der Waals surface area (Å²) in [4.78, 5) is 12.4. The quantitative estimate of drug-likeness (QED) is 0.475. The third kappa shape index (κ3) is 3.75. The van der Waals surface area contributed by atoms with E-state index in [2.05, 4.69) is 0 Å². The summed E-state index contributed by atoms with van der Waals surface area (Å²) in [7, 11) is 0. The standard InChI is InChI=1S/C23H36O6/c1-4-22(2,3)21(24)29-18-12-26-19-17(11-25-20(18)19)27-13-28-23-8-14-5-15(9-23)7-16(6-14)10-23/h14-20H,4-13H2,1-3H3. The summed E-state index contributed by atoms with van der Waals surface area (Å²) in [5.41, 5.74) is -0.438. The van der Waals surface area contributed by atoms with E-state index in [0.29, 0.717) is 20.0 Å². The van der Waals surface area contributed by atoms with E-state index in [1.54, 1.807) is 0 Å². The monoisotopic (exact) mass is 408 g/mol. The Morgan fingerprint density at radius 2 is 1.52 bits per heavy atom. The van der Waals surface area contributed by atoms with Gasteiger partial charge in [0, 0.05) is 0 Å². The van der Waals surface area contributed by atoms with Crippen molar-refractivity contribution in [3.63, 3.8) is 0 Å². The van der Waals surface area contributed by atoms with Crippen LogP contribution in [0.3, 0.4) is 0 Å². The van der Waals surface area contributed by atoms with Crippen molar-refractivity contribution in [2.75, 3.05) is 20.0 Å². The van der Waals surface area contributed by atoms with Gasteiger partial charge < -0.3 is 23.7 Å². The largest absolute Gasteiger partial charge is 0.457 e. The van der Waals surface area contributed by atoms with Gasteiger partial charge in [0.15, 0.2) is 6.10 Å². The Labute approximate surface area is 173 Å². The molecule has 4 unspecified atom stereocenters. The van der Waals surface area contributed by atoms with Crippen molar-refractivity contribution in [3.05, 3.63) is 0 Å². The van der Waals surface area contributed by atoms with Crippen molar-refractivity contribution in [1.29, 1.82) is 0 Å². The van der Waals surface area contributed by atoms with Crippen LogP contribution in [0.2, 0.25) is 0 Å². The zero-order valence-corrected chi connectivity index (χ0v) is 18.1. The first-order chi connectivity index (χ1) is 13.9. The molecule has 0 aromatic carbocycles. The van der Waals surface area contributed by atoms with E-state index in [-0.39, 0.29) is 36.0 Å². The van der Waals surface area contributed by atoms with Crippen LogP contribution in [0.1, 0.15) is 65.7 Å². The maximum absolute atomic E-state index is 12.4. The van der Waals surface area contributed by atoms with E-state index in [1.165, 1.54) is 38.5 Å². The summed E-state index contributed by atoms with van der Waals surface area (Å²) in [6.07, 6.45) is 7.65. The number of esters is 1. The number of fused-ring (bicyclic) bond motifs is 1. The van der Waals surface area contributed by atoms with Crippen molar-refractivity contribution < 1.29 is 28.5 Å². The minimum Gasteiger partial charge on any atom is -0.457 e.